The number of likely N-dealkylation sites (tertiary alicyclic amines) is 1. The van der Waals surface area contributed by atoms with Crippen molar-refractivity contribution in [2.45, 2.75) is 88.9 Å². The minimum Gasteiger partial charge on any atom is -0.444 e. The van der Waals surface area contributed by atoms with Gasteiger partial charge in [0.2, 0.25) is 0 Å². The predicted octanol–water partition coefficient (Wildman–Crippen LogP) is 5.54. The Labute approximate surface area is 224 Å². The van der Waals surface area contributed by atoms with Gasteiger partial charge < -0.3 is 14.4 Å². The van der Waals surface area contributed by atoms with Crippen LogP contribution in [0.15, 0.2) is 35.2 Å². The van der Waals surface area contributed by atoms with E-state index in [1.807, 2.05) is 26.8 Å². The van der Waals surface area contributed by atoms with Crippen LogP contribution in [0.1, 0.15) is 79.6 Å². The lowest BCUT2D eigenvalue weighted by atomic mass is 9.84. The maximum atomic E-state index is 13.1. The molecule has 1 spiro atoms. The van der Waals surface area contributed by atoms with E-state index < -0.39 is 21.0 Å². The number of ketones is 1. The summed E-state index contributed by atoms with van der Waals surface area (Å²) in [6, 6.07) is 8.85. The Balaban J connectivity index is 1.44. The lowest BCUT2D eigenvalue weighted by Crippen LogP contribution is -2.50. The van der Waals surface area contributed by atoms with Crippen molar-refractivity contribution >= 4 is 33.1 Å². The number of thiophene rings is 1. The number of aryl methyl sites for hydroxylation is 1. The summed E-state index contributed by atoms with van der Waals surface area (Å²) < 4.78 is 36.1. The van der Waals surface area contributed by atoms with Crippen LogP contribution in [0.5, 0.6) is 0 Å². The highest BCUT2D eigenvalue weighted by atomic mass is 32.2. The third-order valence-corrected chi connectivity index (χ3v) is 10.1. The Bertz CT molecular complexity index is 1250. The molecule has 202 valence electrons. The topological polar surface area (TPSA) is 90.0 Å². The summed E-state index contributed by atoms with van der Waals surface area (Å²) in [5.74, 6) is 0.148. The maximum Gasteiger partial charge on any atom is 0.410 e. The molecule has 1 amide bonds. The summed E-state index contributed by atoms with van der Waals surface area (Å²) in [5, 5.41) is 0. The van der Waals surface area contributed by atoms with E-state index in [9.17, 15) is 18.0 Å². The molecule has 1 atom stereocenters. The standard InChI is InChI=1S/C28H37NO6S2/c1-6-37(32,33)22-10-7-20(8-11-22)9-12-23(30)24-18-21-17-19(2)34-28(25(21)36-24)13-15-29(16-14-28)26(31)35-27(3,4)5/h7-8,10-11,18-19H,6,9,12-17H2,1-5H3. The van der Waals surface area contributed by atoms with E-state index in [-0.39, 0.29) is 23.7 Å². The van der Waals surface area contributed by atoms with Gasteiger partial charge in [-0.15, -0.1) is 11.3 Å². The second-order valence-corrected chi connectivity index (χ2v) is 14.4. The van der Waals surface area contributed by atoms with Gasteiger partial charge in [-0.2, -0.15) is 0 Å². The van der Waals surface area contributed by atoms with Gasteiger partial charge in [-0.25, -0.2) is 13.2 Å². The first-order chi connectivity index (χ1) is 17.3. The molecule has 1 saturated heterocycles. The Morgan fingerprint density at radius 2 is 1.81 bits per heavy atom. The van der Waals surface area contributed by atoms with Crippen molar-refractivity contribution < 1.29 is 27.5 Å². The molecule has 0 N–H and O–H groups in total. The molecule has 1 aromatic heterocycles. The third kappa shape index (κ3) is 6.26. The van der Waals surface area contributed by atoms with E-state index in [0.717, 1.165) is 21.7 Å². The average molecular weight is 548 g/mol. The number of benzene rings is 1. The van der Waals surface area contributed by atoms with Crippen LogP contribution in [0.3, 0.4) is 0 Å². The van der Waals surface area contributed by atoms with E-state index in [1.165, 1.54) is 16.9 Å². The number of carbonyl (C=O) groups excluding carboxylic acids is 2. The molecule has 37 heavy (non-hydrogen) atoms. The molecule has 1 fully saturated rings. The zero-order valence-electron chi connectivity index (χ0n) is 22.3. The molecule has 0 radical (unpaired) electrons. The predicted molar refractivity (Wildman–Crippen MR) is 144 cm³/mol. The van der Waals surface area contributed by atoms with Gasteiger partial charge in [-0.3, -0.25) is 4.79 Å². The van der Waals surface area contributed by atoms with Gasteiger partial charge >= 0.3 is 6.09 Å². The summed E-state index contributed by atoms with van der Waals surface area (Å²) >= 11 is 1.53. The summed E-state index contributed by atoms with van der Waals surface area (Å²) in [7, 11) is -3.23. The SMILES string of the molecule is CCS(=O)(=O)c1ccc(CCC(=O)c2cc3c(s2)C2(CCN(C(=O)OC(C)(C)C)CC2)OC(C)C3)cc1. The maximum absolute atomic E-state index is 13.1. The number of sulfone groups is 1. The van der Waals surface area contributed by atoms with Gasteiger partial charge in [-0.05, 0) is 82.7 Å². The molecule has 1 unspecified atom stereocenters. The zero-order valence-corrected chi connectivity index (χ0v) is 24.0. The molecule has 3 heterocycles. The average Bonchev–Trinajstić information content (AvgIpc) is 3.27. The minimum absolute atomic E-state index is 0.0380. The summed E-state index contributed by atoms with van der Waals surface area (Å²) in [6.45, 7) is 10.4. The monoisotopic (exact) mass is 547 g/mol. The first-order valence-corrected chi connectivity index (χ1v) is 15.4. The smallest absolute Gasteiger partial charge is 0.410 e. The van der Waals surface area contributed by atoms with Crippen LogP contribution < -0.4 is 0 Å². The first kappa shape index (κ1) is 27.8. The molecule has 0 bridgehead atoms. The van der Waals surface area contributed by atoms with Crippen molar-refractivity contribution in [1.82, 2.24) is 4.90 Å². The number of hydrogen-bond donors (Lipinski definition) is 0. The van der Waals surface area contributed by atoms with Gasteiger partial charge in [0.15, 0.2) is 15.6 Å². The molecular formula is C28H37NO6S2. The molecule has 2 aromatic rings. The van der Waals surface area contributed by atoms with Gasteiger partial charge in [0.05, 0.1) is 21.6 Å². The van der Waals surface area contributed by atoms with Crippen molar-refractivity contribution in [2.75, 3.05) is 18.8 Å². The number of fused-ring (bicyclic) bond motifs is 2. The van der Waals surface area contributed by atoms with E-state index >= 15 is 0 Å². The van der Waals surface area contributed by atoms with Crippen molar-refractivity contribution in [3.05, 3.63) is 51.2 Å². The highest BCUT2D eigenvalue weighted by Crippen LogP contribution is 2.47. The number of piperidine rings is 1. The van der Waals surface area contributed by atoms with Crippen LogP contribution >= 0.6 is 11.3 Å². The number of hydrogen-bond acceptors (Lipinski definition) is 7. The van der Waals surface area contributed by atoms with E-state index in [4.69, 9.17) is 9.47 Å². The lowest BCUT2D eigenvalue weighted by molar-refractivity contribution is -0.129. The molecule has 0 aliphatic carbocycles. The molecular weight excluding hydrogens is 510 g/mol. The van der Waals surface area contributed by atoms with Crippen molar-refractivity contribution in [3.63, 3.8) is 0 Å². The van der Waals surface area contributed by atoms with Crippen LogP contribution in [-0.4, -0.2) is 55.7 Å². The Hall–Kier alpha value is -2.23. The second-order valence-electron chi connectivity index (χ2n) is 11.0. The highest BCUT2D eigenvalue weighted by Gasteiger charge is 2.45. The second kappa shape index (κ2) is 10.5. The summed E-state index contributed by atoms with van der Waals surface area (Å²) in [4.78, 5) is 29.6. The normalized spacial score (nSPS) is 19.5. The fraction of sp³-hybridized carbons (Fsp3) is 0.571. The summed E-state index contributed by atoms with van der Waals surface area (Å²) in [6.07, 6.45) is 2.76. The molecule has 9 heteroatoms. The number of amides is 1. The fourth-order valence-electron chi connectivity index (χ4n) is 5.03. The number of rotatable bonds is 6. The van der Waals surface area contributed by atoms with Crippen molar-refractivity contribution in [3.8, 4) is 0 Å². The number of nitrogens with zero attached hydrogens (tertiary/aromatic N) is 1. The highest BCUT2D eigenvalue weighted by molar-refractivity contribution is 7.91. The quantitative estimate of drug-likeness (QED) is 0.441. The number of ether oxygens (including phenoxy) is 2. The van der Waals surface area contributed by atoms with Crippen molar-refractivity contribution in [2.24, 2.45) is 0 Å². The zero-order chi connectivity index (χ0) is 27.0. The molecule has 7 nitrogen and oxygen atoms in total. The van der Waals surface area contributed by atoms with Gasteiger partial charge in [0, 0.05) is 24.4 Å². The summed E-state index contributed by atoms with van der Waals surface area (Å²) in [5.41, 5.74) is 1.10. The molecule has 1 aromatic carbocycles. The van der Waals surface area contributed by atoms with Crippen LogP contribution in [0.2, 0.25) is 0 Å². The molecule has 2 aliphatic rings. The van der Waals surface area contributed by atoms with Crippen LogP contribution in [0.25, 0.3) is 0 Å². The molecule has 4 rings (SSSR count). The van der Waals surface area contributed by atoms with E-state index in [1.54, 1.807) is 36.1 Å². The number of Topliss-reactive ketones (excluding diaryl/α,β-unsaturated/α-hetero) is 1. The Kier molecular flexibility index (Phi) is 7.89. The third-order valence-electron chi connectivity index (χ3n) is 6.96. The van der Waals surface area contributed by atoms with E-state index in [0.29, 0.717) is 43.7 Å². The van der Waals surface area contributed by atoms with Crippen LogP contribution in [-0.2, 0) is 37.8 Å². The first-order valence-electron chi connectivity index (χ1n) is 13.0. The fourth-order valence-corrected chi connectivity index (χ4v) is 7.26. The van der Waals surface area contributed by atoms with Crippen LogP contribution in [0, 0.1) is 0 Å². The largest absolute Gasteiger partial charge is 0.444 e. The number of carbonyl (C=O) groups is 2. The Morgan fingerprint density at radius 1 is 1.16 bits per heavy atom. The van der Waals surface area contributed by atoms with Crippen LogP contribution in [0.4, 0.5) is 4.79 Å². The van der Waals surface area contributed by atoms with Crippen molar-refractivity contribution in [1.29, 1.82) is 0 Å². The Morgan fingerprint density at radius 3 is 2.41 bits per heavy atom. The minimum atomic E-state index is -3.23. The van der Waals surface area contributed by atoms with E-state index in [2.05, 4.69) is 6.92 Å². The molecule has 2 aliphatic heterocycles. The lowest BCUT2D eigenvalue weighted by Gasteiger charge is -2.45. The molecule has 0 saturated carbocycles. The van der Waals surface area contributed by atoms with Gasteiger partial charge in [-0.1, -0.05) is 19.1 Å². The van der Waals surface area contributed by atoms with Gasteiger partial charge in [0.1, 0.15) is 11.2 Å². The van der Waals surface area contributed by atoms with Gasteiger partial charge in [0.25, 0.3) is 0 Å².